The number of rotatable bonds is 8. The molecular weight excluding hydrogens is 190 g/mol. The lowest BCUT2D eigenvalue weighted by Gasteiger charge is -2.17. The molecule has 0 saturated heterocycles. The number of nitrogens with one attached hydrogen (secondary N) is 1. The summed E-state index contributed by atoms with van der Waals surface area (Å²) >= 11 is 0. The van der Waals surface area contributed by atoms with Crippen LogP contribution in [0.25, 0.3) is 0 Å². The first-order valence-electron chi connectivity index (χ1n) is 5.75. The summed E-state index contributed by atoms with van der Waals surface area (Å²) in [4.78, 5) is 15.2. The third kappa shape index (κ3) is 7.33. The molecule has 90 valence electrons. The van der Waals surface area contributed by atoms with Crippen LogP contribution in [0.4, 0.5) is 0 Å². The average molecular weight is 215 g/mol. The zero-order valence-corrected chi connectivity index (χ0v) is 10.5. The highest BCUT2D eigenvalue weighted by molar-refractivity contribution is 5.77. The van der Waals surface area contributed by atoms with E-state index in [1.54, 1.807) is 19.0 Å². The topological polar surface area (TPSA) is 35.6 Å². The van der Waals surface area contributed by atoms with Crippen molar-refractivity contribution in [3.8, 4) is 0 Å². The van der Waals surface area contributed by atoms with E-state index in [-0.39, 0.29) is 5.91 Å². The molecular formula is C11H25N3O. The van der Waals surface area contributed by atoms with Crippen LogP contribution in [0, 0.1) is 0 Å². The quantitative estimate of drug-likeness (QED) is 0.595. The van der Waals surface area contributed by atoms with Crippen LogP contribution in [-0.4, -0.2) is 62.5 Å². The van der Waals surface area contributed by atoms with Crippen molar-refractivity contribution in [3.63, 3.8) is 0 Å². The van der Waals surface area contributed by atoms with Crippen LogP contribution in [0.2, 0.25) is 0 Å². The van der Waals surface area contributed by atoms with Gasteiger partial charge < -0.3 is 15.1 Å². The Balaban J connectivity index is 3.35. The van der Waals surface area contributed by atoms with Crippen molar-refractivity contribution in [2.45, 2.75) is 20.3 Å². The summed E-state index contributed by atoms with van der Waals surface area (Å²) in [7, 11) is 3.56. The fourth-order valence-electron chi connectivity index (χ4n) is 1.32. The smallest absolute Gasteiger partial charge is 0.236 e. The molecule has 4 nitrogen and oxygen atoms in total. The molecule has 0 fully saturated rings. The highest BCUT2D eigenvalue weighted by Crippen LogP contribution is 1.89. The first kappa shape index (κ1) is 14.4. The lowest BCUT2D eigenvalue weighted by atomic mass is 10.3. The number of carbonyl (C=O) groups excluding carboxylic acids is 1. The molecule has 0 aromatic rings. The molecule has 0 heterocycles. The largest absolute Gasteiger partial charge is 0.348 e. The van der Waals surface area contributed by atoms with Gasteiger partial charge >= 0.3 is 0 Å². The Morgan fingerprint density at radius 2 is 1.80 bits per heavy atom. The molecule has 1 amide bonds. The molecule has 4 heteroatoms. The molecule has 0 unspecified atom stereocenters. The van der Waals surface area contributed by atoms with Crippen molar-refractivity contribution in [1.82, 2.24) is 15.1 Å². The molecule has 0 bridgehead atoms. The van der Waals surface area contributed by atoms with E-state index in [0.717, 1.165) is 32.6 Å². The van der Waals surface area contributed by atoms with Gasteiger partial charge in [-0.05, 0) is 32.6 Å². The van der Waals surface area contributed by atoms with E-state index in [9.17, 15) is 4.79 Å². The molecule has 0 aliphatic heterocycles. The van der Waals surface area contributed by atoms with Gasteiger partial charge in [-0.2, -0.15) is 0 Å². The molecule has 0 radical (unpaired) electrons. The van der Waals surface area contributed by atoms with Gasteiger partial charge in [-0.1, -0.05) is 13.8 Å². The highest BCUT2D eigenvalue weighted by Gasteiger charge is 2.02. The van der Waals surface area contributed by atoms with Crippen molar-refractivity contribution >= 4 is 5.91 Å². The molecule has 0 aliphatic carbocycles. The van der Waals surface area contributed by atoms with E-state index in [2.05, 4.69) is 24.1 Å². The molecule has 0 atom stereocenters. The zero-order valence-electron chi connectivity index (χ0n) is 10.5. The number of nitrogens with zero attached hydrogens (tertiary/aromatic N) is 2. The Hall–Kier alpha value is -0.610. The Morgan fingerprint density at radius 3 is 2.27 bits per heavy atom. The standard InChI is InChI=1S/C11H25N3O/c1-5-14(6-2)9-7-8-12-10-11(15)13(3)4/h12H,5-10H2,1-4H3. The number of amides is 1. The Kier molecular flexibility index (Phi) is 8.33. The van der Waals surface area contributed by atoms with Crippen molar-refractivity contribution < 1.29 is 4.79 Å². The van der Waals surface area contributed by atoms with Crippen LogP contribution < -0.4 is 5.32 Å². The molecule has 0 aromatic carbocycles. The SMILES string of the molecule is CCN(CC)CCCNCC(=O)N(C)C. The Morgan fingerprint density at radius 1 is 1.20 bits per heavy atom. The van der Waals surface area contributed by atoms with Crippen molar-refractivity contribution in [2.24, 2.45) is 0 Å². The predicted molar refractivity (Wildman–Crippen MR) is 64.0 cm³/mol. The minimum absolute atomic E-state index is 0.137. The van der Waals surface area contributed by atoms with Gasteiger partial charge in [0, 0.05) is 14.1 Å². The summed E-state index contributed by atoms with van der Waals surface area (Å²) in [6, 6.07) is 0. The zero-order chi connectivity index (χ0) is 11.7. The maximum Gasteiger partial charge on any atom is 0.236 e. The lowest BCUT2D eigenvalue weighted by Crippen LogP contribution is -2.34. The van der Waals surface area contributed by atoms with E-state index in [4.69, 9.17) is 0 Å². The third-order valence-corrected chi connectivity index (χ3v) is 2.50. The first-order valence-corrected chi connectivity index (χ1v) is 5.75. The third-order valence-electron chi connectivity index (χ3n) is 2.50. The number of hydrogen-bond donors (Lipinski definition) is 1. The summed E-state index contributed by atoms with van der Waals surface area (Å²) in [5.74, 6) is 0.137. The number of hydrogen-bond acceptors (Lipinski definition) is 3. The fraction of sp³-hybridized carbons (Fsp3) is 0.909. The molecule has 0 aromatic heterocycles. The van der Waals surface area contributed by atoms with E-state index in [0.29, 0.717) is 6.54 Å². The van der Waals surface area contributed by atoms with Gasteiger partial charge in [0.15, 0.2) is 0 Å². The Bertz CT molecular complexity index is 167. The monoisotopic (exact) mass is 215 g/mol. The number of likely N-dealkylation sites (N-methyl/N-ethyl adjacent to an activating group) is 1. The molecule has 15 heavy (non-hydrogen) atoms. The molecule has 0 rings (SSSR count). The van der Waals surface area contributed by atoms with Crippen molar-refractivity contribution in [3.05, 3.63) is 0 Å². The molecule has 0 aliphatic rings. The lowest BCUT2D eigenvalue weighted by molar-refractivity contribution is -0.127. The van der Waals surface area contributed by atoms with Gasteiger partial charge in [0.25, 0.3) is 0 Å². The summed E-state index contributed by atoms with van der Waals surface area (Å²) in [5, 5.41) is 3.15. The van der Waals surface area contributed by atoms with E-state index >= 15 is 0 Å². The van der Waals surface area contributed by atoms with E-state index < -0.39 is 0 Å². The van der Waals surface area contributed by atoms with E-state index in [1.165, 1.54) is 0 Å². The molecule has 1 N–H and O–H groups in total. The second-order valence-corrected chi connectivity index (χ2v) is 3.85. The Labute approximate surface area is 93.6 Å². The van der Waals surface area contributed by atoms with Gasteiger partial charge in [0.2, 0.25) is 5.91 Å². The van der Waals surface area contributed by atoms with Crippen LogP contribution in [0.1, 0.15) is 20.3 Å². The molecule has 0 saturated carbocycles. The summed E-state index contributed by atoms with van der Waals surface area (Å²) < 4.78 is 0. The first-order chi connectivity index (χ1) is 7.11. The van der Waals surface area contributed by atoms with Crippen LogP contribution >= 0.6 is 0 Å². The van der Waals surface area contributed by atoms with Gasteiger partial charge in [-0.25, -0.2) is 0 Å². The van der Waals surface area contributed by atoms with Crippen LogP contribution in [-0.2, 0) is 4.79 Å². The molecule has 0 spiro atoms. The van der Waals surface area contributed by atoms with Gasteiger partial charge in [-0.15, -0.1) is 0 Å². The highest BCUT2D eigenvalue weighted by atomic mass is 16.2. The average Bonchev–Trinajstić information content (AvgIpc) is 2.23. The second kappa shape index (κ2) is 8.68. The van der Waals surface area contributed by atoms with E-state index in [1.807, 2.05) is 0 Å². The van der Waals surface area contributed by atoms with Crippen LogP contribution in [0.3, 0.4) is 0 Å². The van der Waals surface area contributed by atoms with Crippen LogP contribution in [0.5, 0.6) is 0 Å². The minimum atomic E-state index is 0.137. The predicted octanol–water partition coefficient (Wildman–Crippen LogP) is 0.396. The maximum absolute atomic E-state index is 11.2. The van der Waals surface area contributed by atoms with Gasteiger partial charge in [-0.3, -0.25) is 4.79 Å². The normalized spacial score (nSPS) is 10.7. The van der Waals surface area contributed by atoms with Gasteiger partial charge in [0.1, 0.15) is 0 Å². The second-order valence-electron chi connectivity index (χ2n) is 3.85. The minimum Gasteiger partial charge on any atom is -0.348 e. The summed E-state index contributed by atoms with van der Waals surface area (Å²) in [6.45, 7) is 9.02. The van der Waals surface area contributed by atoms with Crippen molar-refractivity contribution in [1.29, 1.82) is 0 Å². The fourth-order valence-corrected chi connectivity index (χ4v) is 1.32. The van der Waals surface area contributed by atoms with Crippen molar-refractivity contribution in [2.75, 3.05) is 46.8 Å². The van der Waals surface area contributed by atoms with Gasteiger partial charge in [0.05, 0.1) is 6.54 Å². The maximum atomic E-state index is 11.2. The number of carbonyl (C=O) groups is 1. The summed E-state index contributed by atoms with van der Waals surface area (Å²) in [6.07, 6.45) is 1.10. The summed E-state index contributed by atoms with van der Waals surface area (Å²) in [5.41, 5.74) is 0. The van der Waals surface area contributed by atoms with Crippen LogP contribution in [0.15, 0.2) is 0 Å².